The van der Waals surface area contributed by atoms with Crippen LogP contribution in [-0.2, 0) is 11.2 Å². The van der Waals surface area contributed by atoms with Crippen LogP contribution in [0.3, 0.4) is 0 Å². The van der Waals surface area contributed by atoms with Crippen molar-refractivity contribution in [2.45, 2.75) is 52.4 Å². The van der Waals surface area contributed by atoms with Crippen molar-refractivity contribution in [2.75, 3.05) is 13.1 Å². The van der Waals surface area contributed by atoms with Crippen molar-refractivity contribution in [2.24, 2.45) is 0 Å². The molecule has 0 aliphatic carbocycles. The van der Waals surface area contributed by atoms with Crippen LogP contribution >= 0.6 is 0 Å². The first kappa shape index (κ1) is 17.8. The highest BCUT2D eigenvalue weighted by molar-refractivity contribution is 5.96. The topological polar surface area (TPSA) is 63.7 Å². The van der Waals surface area contributed by atoms with Gasteiger partial charge in [-0.3, -0.25) is 4.79 Å². The molecular weight excluding hydrogens is 342 g/mol. The van der Waals surface area contributed by atoms with Crippen molar-refractivity contribution in [3.05, 3.63) is 45.5 Å². The number of benzene rings is 1. The zero-order chi connectivity index (χ0) is 19.0. The molecule has 0 unspecified atom stereocenters. The first-order valence-corrected chi connectivity index (χ1v) is 9.76. The smallest absolute Gasteiger partial charge is 0.339 e. The number of carbonyl (C=O) groups excluding carboxylic acids is 1. The van der Waals surface area contributed by atoms with E-state index in [1.54, 1.807) is 12.3 Å². The summed E-state index contributed by atoms with van der Waals surface area (Å²) in [6.45, 7) is 5.60. The van der Waals surface area contributed by atoms with Gasteiger partial charge in [0.1, 0.15) is 11.2 Å². The summed E-state index contributed by atoms with van der Waals surface area (Å²) in [4.78, 5) is 27.0. The Morgan fingerprint density at radius 1 is 1.04 bits per heavy atom. The van der Waals surface area contributed by atoms with Gasteiger partial charge in [0, 0.05) is 41.9 Å². The Morgan fingerprint density at radius 2 is 1.78 bits per heavy atom. The van der Waals surface area contributed by atoms with Crippen LogP contribution in [0.4, 0.5) is 0 Å². The van der Waals surface area contributed by atoms with Gasteiger partial charge in [-0.2, -0.15) is 0 Å². The fourth-order valence-electron chi connectivity index (χ4n) is 4.04. The quantitative estimate of drug-likeness (QED) is 0.640. The molecule has 27 heavy (non-hydrogen) atoms. The Morgan fingerprint density at radius 3 is 2.52 bits per heavy atom. The van der Waals surface area contributed by atoms with Crippen molar-refractivity contribution in [1.82, 2.24) is 4.90 Å². The number of hydrogen-bond donors (Lipinski definition) is 0. The van der Waals surface area contributed by atoms with Gasteiger partial charge in [-0.1, -0.05) is 12.8 Å². The minimum absolute atomic E-state index is 0.136. The molecule has 5 nitrogen and oxygen atoms in total. The van der Waals surface area contributed by atoms with E-state index in [9.17, 15) is 9.59 Å². The maximum Gasteiger partial charge on any atom is 0.339 e. The second-order valence-corrected chi connectivity index (χ2v) is 7.55. The van der Waals surface area contributed by atoms with E-state index in [1.807, 2.05) is 24.8 Å². The molecule has 0 spiro atoms. The second kappa shape index (κ2) is 7.22. The van der Waals surface area contributed by atoms with E-state index < -0.39 is 0 Å². The van der Waals surface area contributed by atoms with Gasteiger partial charge in [-0.05, 0) is 50.3 Å². The molecule has 142 valence electrons. The Labute approximate surface area is 157 Å². The highest BCUT2D eigenvalue weighted by atomic mass is 16.4. The SMILES string of the molecule is Cc1coc2cc3oc(=O)c(CCC(=O)N4CCCCCC4)c(C)c3cc12. The molecule has 1 aromatic carbocycles. The van der Waals surface area contributed by atoms with Crippen LogP contribution < -0.4 is 5.63 Å². The fraction of sp³-hybridized carbons (Fsp3) is 0.455. The zero-order valence-corrected chi connectivity index (χ0v) is 16.0. The third-order valence-corrected chi connectivity index (χ3v) is 5.72. The fourth-order valence-corrected chi connectivity index (χ4v) is 4.04. The summed E-state index contributed by atoms with van der Waals surface area (Å²) in [5, 5.41) is 1.93. The largest absolute Gasteiger partial charge is 0.464 e. The van der Waals surface area contributed by atoms with Crippen LogP contribution in [0.1, 0.15) is 48.8 Å². The summed E-state index contributed by atoms with van der Waals surface area (Å²) >= 11 is 0. The zero-order valence-electron chi connectivity index (χ0n) is 16.0. The first-order chi connectivity index (χ1) is 13.0. The third-order valence-electron chi connectivity index (χ3n) is 5.72. The van der Waals surface area contributed by atoms with Crippen molar-refractivity contribution in [3.63, 3.8) is 0 Å². The molecule has 3 aromatic rings. The minimum Gasteiger partial charge on any atom is -0.464 e. The van der Waals surface area contributed by atoms with E-state index in [0.29, 0.717) is 29.6 Å². The number of hydrogen-bond acceptors (Lipinski definition) is 4. The van der Waals surface area contributed by atoms with Gasteiger partial charge in [0.25, 0.3) is 0 Å². The van der Waals surface area contributed by atoms with Crippen LogP contribution in [0, 0.1) is 13.8 Å². The Hall–Kier alpha value is -2.56. The molecule has 1 amide bonds. The van der Waals surface area contributed by atoms with Crippen molar-refractivity contribution in [1.29, 1.82) is 0 Å². The van der Waals surface area contributed by atoms with Gasteiger partial charge in [0.2, 0.25) is 5.91 Å². The predicted molar refractivity (Wildman–Crippen MR) is 105 cm³/mol. The molecule has 1 aliphatic rings. The molecule has 1 aliphatic heterocycles. The summed E-state index contributed by atoms with van der Waals surface area (Å²) in [6.07, 6.45) is 7.01. The summed E-state index contributed by atoms with van der Waals surface area (Å²) in [6, 6.07) is 3.79. The minimum atomic E-state index is -0.355. The normalized spacial score (nSPS) is 15.4. The first-order valence-electron chi connectivity index (χ1n) is 9.76. The molecule has 2 aromatic heterocycles. The summed E-state index contributed by atoms with van der Waals surface area (Å²) in [7, 11) is 0. The van der Waals surface area contributed by atoms with Crippen LogP contribution in [0.15, 0.2) is 32.0 Å². The van der Waals surface area contributed by atoms with Gasteiger partial charge < -0.3 is 13.7 Å². The van der Waals surface area contributed by atoms with Gasteiger partial charge in [-0.25, -0.2) is 4.79 Å². The van der Waals surface area contributed by atoms with Crippen molar-refractivity contribution >= 4 is 27.8 Å². The molecule has 3 heterocycles. The van der Waals surface area contributed by atoms with E-state index in [4.69, 9.17) is 8.83 Å². The lowest BCUT2D eigenvalue weighted by Crippen LogP contribution is -2.32. The number of furan rings is 1. The number of aryl methyl sites for hydroxylation is 2. The predicted octanol–water partition coefficient (Wildman–Crippen LogP) is 4.49. The number of rotatable bonds is 3. The number of likely N-dealkylation sites (tertiary alicyclic amines) is 1. The number of carbonyl (C=O) groups is 1. The molecule has 0 radical (unpaired) electrons. The molecule has 0 bridgehead atoms. The average molecular weight is 367 g/mol. The average Bonchev–Trinajstić information content (AvgIpc) is 2.86. The standard InChI is InChI=1S/C22H25NO4/c1-14-13-26-19-12-20-18(11-17(14)19)15(2)16(22(25)27-20)7-8-21(24)23-9-5-3-4-6-10-23/h11-13H,3-10H2,1-2H3. The summed E-state index contributed by atoms with van der Waals surface area (Å²) in [5.74, 6) is 0.136. The number of fused-ring (bicyclic) bond motifs is 2. The lowest BCUT2D eigenvalue weighted by Gasteiger charge is -2.20. The van der Waals surface area contributed by atoms with Gasteiger partial charge >= 0.3 is 5.63 Å². The number of nitrogens with zero attached hydrogens (tertiary/aromatic N) is 1. The summed E-state index contributed by atoms with van der Waals surface area (Å²) in [5.41, 5.74) is 3.44. The summed E-state index contributed by atoms with van der Waals surface area (Å²) < 4.78 is 11.1. The maximum atomic E-state index is 12.6. The highest BCUT2D eigenvalue weighted by Gasteiger charge is 2.18. The van der Waals surface area contributed by atoms with Crippen LogP contribution in [0.2, 0.25) is 0 Å². The molecule has 1 fully saturated rings. The van der Waals surface area contributed by atoms with Crippen LogP contribution in [0.25, 0.3) is 21.9 Å². The monoisotopic (exact) mass is 367 g/mol. The van der Waals surface area contributed by atoms with E-state index in [-0.39, 0.29) is 11.5 Å². The van der Waals surface area contributed by atoms with Gasteiger partial charge in [0.15, 0.2) is 0 Å². The van der Waals surface area contributed by atoms with E-state index in [0.717, 1.165) is 47.8 Å². The van der Waals surface area contributed by atoms with Gasteiger partial charge in [0.05, 0.1) is 6.26 Å². The second-order valence-electron chi connectivity index (χ2n) is 7.55. The highest BCUT2D eigenvalue weighted by Crippen LogP contribution is 2.29. The molecule has 5 heteroatoms. The molecular formula is C22H25NO4. The molecule has 1 saturated heterocycles. The van der Waals surface area contributed by atoms with E-state index >= 15 is 0 Å². The number of amides is 1. The maximum absolute atomic E-state index is 12.6. The van der Waals surface area contributed by atoms with Gasteiger partial charge in [-0.15, -0.1) is 0 Å². The Bertz CT molecular complexity index is 1050. The molecule has 4 rings (SSSR count). The van der Waals surface area contributed by atoms with E-state index in [1.165, 1.54) is 12.8 Å². The van der Waals surface area contributed by atoms with Crippen molar-refractivity contribution in [3.8, 4) is 0 Å². The van der Waals surface area contributed by atoms with Crippen LogP contribution in [0.5, 0.6) is 0 Å². The van der Waals surface area contributed by atoms with Crippen molar-refractivity contribution < 1.29 is 13.6 Å². The lowest BCUT2D eigenvalue weighted by molar-refractivity contribution is -0.131. The lowest BCUT2D eigenvalue weighted by atomic mass is 10.0. The third kappa shape index (κ3) is 3.38. The molecule has 0 N–H and O–H groups in total. The molecule has 0 saturated carbocycles. The molecule has 0 atom stereocenters. The van der Waals surface area contributed by atoms with Crippen LogP contribution in [-0.4, -0.2) is 23.9 Å². The Balaban J connectivity index is 1.63. The Kier molecular flexibility index (Phi) is 4.77. The van der Waals surface area contributed by atoms with E-state index in [2.05, 4.69) is 0 Å².